The van der Waals surface area contributed by atoms with Gasteiger partial charge in [-0.05, 0) is 48.5 Å². The van der Waals surface area contributed by atoms with Crippen molar-refractivity contribution in [1.29, 1.82) is 0 Å². The summed E-state index contributed by atoms with van der Waals surface area (Å²) in [6.07, 6.45) is 1.83. The van der Waals surface area contributed by atoms with Gasteiger partial charge in [0.1, 0.15) is 11.5 Å². The number of hydrogen-bond donors (Lipinski definition) is 1. The molecular weight excluding hydrogens is 384 g/mol. The second-order valence-corrected chi connectivity index (χ2v) is 8.39. The molecule has 0 spiro atoms. The molecule has 2 aromatic rings. The van der Waals surface area contributed by atoms with Gasteiger partial charge in [-0.3, -0.25) is 4.90 Å². The van der Waals surface area contributed by atoms with Crippen LogP contribution in [-0.4, -0.2) is 35.4 Å². The van der Waals surface area contributed by atoms with Crippen molar-refractivity contribution in [2.75, 3.05) is 17.4 Å². The van der Waals surface area contributed by atoms with Crippen molar-refractivity contribution >= 4 is 37.6 Å². The maximum Gasteiger partial charge on any atom is 0.323 e. The molecule has 0 aliphatic heterocycles. The number of benzene rings is 2. The monoisotopic (exact) mass is 400 g/mol. The molecule has 0 bridgehead atoms. The molecule has 0 aliphatic rings. The molecule has 2 aromatic carbocycles. The summed E-state index contributed by atoms with van der Waals surface area (Å²) in [6, 6.07) is 10.5. The Morgan fingerprint density at radius 2 is 1.08 bits per heavy atom. The Bertz CT molecular complexity index is 921. The van der Waals surface area contributed by atoms with Gasteiger partial charge in [0.2, 0.25) is 0 Å². The second kappa shape index (κ2) is 7.22. The van der Waals surface area contributed by atoms with E-state index in [1.54, 1.807) is 0 Å². The van der Waals surface area contributed by atoms with Crippen molar-refractivity contribution in [2.24, 2.45) is 5.73 Å². The highest BCUT2D eigenvalue weighted by Gasteiger charge is 2.16. The van der Waals surface area contributed by atoms with E-state index >= 15 is 0 Å². The molecule has 0 fully saturated rings. The van der Waals surface area contributed by atoms with Crippen LogP contribution in [0, 0.1) is 0 Å². The van der Waals surface area contributed by atoms with E-state index in [1.807, 2.05) is 0 Å². The molecule has 11 heteroatoms. The summed E-state index contributed by atoms with van der Waals surface area (Å²) in [5.41, 5.74) is 6.13. The summed E-state index contributed by atoms with van der Waals surface area (Å²) >= 11 is 0. The average Bonchev–Trinajstić information content (AvgIpc) is 2.47. The molecule has 0 aliphatic carbocycles. The van der Waals surface area contributed by atoms with E-state index < -0.39 is 26.3 Å². The van der Waals surface area contributed by atoms with Crippen LogP contribution in [0.4, 0.5) is 16.2 Å². The lowest BCUT2D eigenvalue weighted by atomic mass is 10.2. The summed E-state index contributed by atoms with van der Waals surface area (Å²) < 4.78 is 53.9. The van der Waals surface area contributed by atoms with Crippen molar-refractivity contribution in [1.82, 2.24) is 0 Å². The number of rotatable bonds is 6. The first-order valence-corrected chi connectivity index (χ1v) is 10.7. The van der Waals surface area contributed by atoms with Crippen molar-refractivity contribution in [3.05, 3.63) is 48.5 Å². The Balaban J connectivity index is 2.30. The zero-order chi connectivity index (χ0) is 19.5. The standard InChI is InChI=1S/C15H16N2O7S2/c1-25(19,20)23-13-7-3-11(4-8-13)17(15(16)18)12-5-9-14(10-6-12)24-26(2,21)22/h3-10H,1-2H3,(H2,16,18). The number of amides is 2. The Kier molecular flexibility index (Phi) is 5.42. The summed E-state index contributed by atoms with van der Waals surface area (Å²) in [7, 11) is -7.33. The van der Waals surface area contributed by atoms with Crippen LogP contribution in [0.2, 0.25) is 0 Å². The molecule has 0 heterocycles. The predicted molar refractivity (Wildman–Crippen MR) is 95.6 cm³/mol. The summed E-state index contributed by atoms with van der Waals surface area (Å²) in [5, 5.41) is 0. The van der Waals surface area contributed by atoms with E-state index in [1.165, 1.54) is 48.5 Å². The van der Waals surface area contributed by atoms with Gasteiger partial charge < -0.3 is 14.1 Å². The summed E-state index contributed by atoms with van der Waals surface area (Å²) in [4.78, 5) is 13.0. The first-order chi connectivity index (χ1) is 11.9. The Morgan fingerprint density at radius 1 is 0.769 bits per heavy atom. The molecule has 2 rings (SSSR count). The fourth-order valence-corrected chi connectivity index (χ4v) is 2.98. The third-order valence-electron chi connectivity index (χ3n) is 2.91. The van der Waals surface area contributed by atoms with E-state index in [9.17, 15) is 21.6 Å². The van der Waals surface area contributed by atoms with Gasteiger partial charge in [0.05, 0.1) is 23.9 Å². The molecule has 140 valence electrons. The highest BCUT2D eigenvalue weighted by atomic mass is 32.2. The van der Waals surface area contributed by atoms with E-state index in [0.29, 0.717) is 11.4 Å². The van der Waals surface area contributed by atoms with Gasteiger partial charge in [0.25, 0.3) is 0 Å². The first kappa shape index (κ1) is 19.5. The molecule has 9 nitrogen and oxygen atoms in total. The van der Waals surface area contributed by atoms with Crippen LogP contribution in [0.25, 0.3) is 0 Å². The van der Waals surface area contributed by atoms with E-state index in [2.05, 4.69) is 0 Å². The van der Waals surface area contributed by atoms with E-state index in [-0.39, 0.29) is 11.5 Å². The predicted octanol–water partition coefficient (Wildman–Crippen LogP) is 1.58. The zero-order valence-electron chi connectivity index (χ0n) is 13.8. The maximum absolute atomic E-state index is 11.8. The Labute approximate surface area is 151 Å². The molecule has 0 radical (unpaired) electrons. The van der Waals surface area contributed by atoms with Crippen molar-refractivity contribution in [2.45, 2.75) is 0 Å². The first-order valence-electron chi connectivity index (χ1n) is 7.03. The van der Waals surface area contributed by atoms with Crippen molar-refractivity contribution in [3.63, 3.8) is 0 Å². The third-order valence-corrected chi connectivity index (χ3v) is 3.90. The average molecular weight is 400 g/mol. The maximum atomic E-state index is 11.8. The normalized spacial score (nSPS) is 11.6. The molecule has 26 heavy (non-hydrogen) atoms. The quantitative estimate of drug-likeness (QED) is 0.728. The van der Waals surface area contributed by atoms with Crippen LogP contribution in [0.5, 0.6) is 11.5 Å². The largest absolute Gasteiger partial charge is 0.383 e. The lowest BCUT2D eigenvalue weighted by molar-refractivity contribution is 0.256. The molecule has 0 unspecified atom stereocenters. The fraction of sp³-hybridized carbons (Fsp3) is 0.133. The van der Waals surface area contributed by atoms with Gasteiger partial charge in [-0.15, -0.1) is 0 Å². The fourth-order valence-electron chi connectivity index (χ4n) is 2.05. The molecule has 0 atom stereocenters. The highest BCUT2D eigenvalue weighted by molar-refractivity contribution is 7.86. The lowest BCUT2D eigenvalue weighted by Gasteiger charge is -2.21. The van der Waals surface area contributed by atoms with Gasteiger partial charge in [-0.25, -0.2) is 4.79 Å². The summed E-state index contributed by atoms with van der Waals surface area (Å²) in [5.74, 6) is 0.162. The molecular formula is C15H16N2O7S2. The minimum atomic E-state index is -3.67. The van der Waals surface area contributed by atoms with Crippen LogP contribution in [-0.2, 0) is 20.2 Å². The lowest BCUT2D eigenvalue weighted by Crippen LogP contribution is -2.31. The molecule has 0 aromatic heterocycles. The number of nitrogens with two attached hydrogens (primary N) is 1. The number of hydrogen-bond acceptors (Lipinski definition) is 7. The Hall–Kier alpha value is -2.79. The number of carbonyl (C=O) groups is 1. The van der Waals surface area contributed by atoms with Crippen LogP contribution >= 0.6 is 0 Å². The molecule has 2 N–H and O–H groups in total. The van der Waals surface area contributed by atoms with Crippen molar-refractivity contribution < 1.29 is 30.0 Å². The molecule has 0 saturated carbocycles. The number of anilines is 2. The summed E-state index contributed by atoms with van der Waals surface area (Å²) in [6.45, 7) is 0. The number of urea groups is 1. The van der Waals surface area contributed by atoms with Gasteiger partial charge in [-0.2, -0.15) is 16.8 Å². The SMILES string of the molecule is CS(=O)(=O)Oc1ccc(N(C(N)=O)c2ccc(OS(C)(=O)=O)cc2)cc1. The van der Waals surface area contributed by atoms with Crippen LogP contribution in [0.3, 0.4) is 0 Å². The molecule has 2 amide bonds. The topological polar surface area (TPSA) is 133 Å². The number of carbonyl (C=O) groups excluding carboxylic acids is 1. The van der Waals surface area contributed by atoms with E-state index in [0.717, 1.165) is 17.4 Å². The minimum absolute atomic E-state index is 0.0811. The van der Waals surface area contributed by atoms with Gasteiger partial charge in [0.15, 0.2) is 0 Å². The smallest absolute Gasteiger partial charge is 0.323 e. The number of nitrogens with zero attached hydrogens (tertiary/aromatic N) is 1. The van der Waals surface area contributed by atoms with Gasteiger partial charge >= 0.3 is 26.3 Å². The highest BCUT2D eigenvalue weighted by Crippen LogP contribution is 2.29. The van der Waals surface area contributed by atoms with Crippen LogP contribution in [0.15, 0.2) is 48.5 Å². The Morgan fingerprint density at radius 3 is 1.31 bits per heavy atom. The zero-order valence-corrected chi connectivity index (χ0v) is 15.5. The van der Waals surface area contributed by atoms with Gasteiger partial charge in [0, 0.05) is 0 Å². The van der Waals surface area contributed by atoms with Crippen LogP contribution < -0.4 is 19.0 Å². The third kappa shape index (κ3) is 5.63. The van der Waals surface area contributed by atoms with Gasteiger partial charge in [-0.1, -0.05) is 0 Å². The number of primary amides is 1. The van der Waals surface area contributed by atoms with Crippen molar-refractivity contribution in [3.8, 4) is 11.5 Å². The van der Waals surface area contributed by atoms with Crippen LogP contribution in [0.1, 0.15) is 0 Å². The minimum Gasteiger partial charge on any atom is -0.383 e. The van der Waals surface area contributed by atoms with E-state index in [4.69, 9.17) is 14.1 Å². The molecule has 0 saturated heterocycles. The second-order valence-electron chi connectivity index (χ2n) is 5.24.